The van der Waals surface area contributed by atoms with Gasteiger partial charge in [0.25, 0.3) is 5.56 Å². The van der Waals surface area contributed by atoms with Crippen LogP contribution in [0, 0.1) is 13.8 Å². The Bertz CT molecular complexity index is 1110. The number of para-hydroxylation sites is 2. The summed E-state index contributed by atoms with van der Waals surface area (Å²) in [6, 6.07) is 7.68. The van der Waals surface area contributed by atoms with Gasteiger partial charge in [0.05, 0.1) is 28.1 Å². The Morgan fingerprint density at radius 3 is 2.52 bits per heavy atom. The molecule has 1 aromatic carbocycles. The Hall–Kier alpha value is -3.16. The maximum atomic E-state index is 12.9. The van der Waals surface area contributed by atoms with Crippen LogP contribution in [0.2, 0.25) is 0 Å². The first-order valence-electron chi connectivity index (χ1n) is 9.73. The second-order valence-electron chi connectivity index (χ2n) is 7.66. The van der Waals surface area contributed by atoms with Gasteiger partial charge in [-0.1, -0.05) is 12.1 Å². The molecule has 0 spiro atoms. The Labute approximate surface area is 170 Å². The summed E-state index contributed by atoms with van der Waals surface area (Å²) < 4.78 is 3.52. The predicted molar refractivity (Wildman–Crippen MR) is 116 cm³/mol. The first-order chi connectivity index (χ1) is 13.7. The molecule has 1 amide bonds. The Morgan fingerprint density at radius 2 is 1.90 bits per heavy atom. The number of amides is 1. The Kier molecular flexibility index (Phi) is 5.72. The minimum atomic E-state index is -0.207. The molecule has 29 heavy (non-hydrogen) atoms. The lowest BCUT2D eigenvalue weighted by atomic mass is 10.2. The molecule has 2 heterocycles. The highest BCUT2D eigenvalue weighted by Crippen LogP contribution is 2.22. The lowest BCUT2D eigenvalue weighted by Gasteiger charge is -2.16. The van der Waals surface area contributed by atoms with Gasteiger partial charge in [0.2, 0.25) is 5.91 Å². The number of aryl methyl sites for hydroxylation is 2. The van der Waals surface area contributed by atoms with E-state index in [4.69, 9.17) is 0 Å². The Balaban J connectivity index is 1.85. The van der Waals surface area contributed by atoms with Gasteiger partial charge in [-0.3, -0.25) is 14.3 Å². The molecule has 0 aliphatic carbocycles. The minimum absolute atomic E-state index is 0.154. The van der Waals surface area contributed by atoms with E-state index in [2.05, 4.69) is 15.4 Å². The maximum absolute atomic E-state index is 12.9. The number of carbonyl (C=O) groups excluding carboxylic acids is 1. The average Bonchev–Trinajstić information content (AvgIpc) is 2.95. The molecule has 0 aliphatic heterocycles. The van der Waals surface area contributed by atoms with Crippen molar-refractivity contribution in [2.45, 2.75) is 46.7 Å². The van der Waals surface area contributed by atoms with Crippen molar-refractivity contribution in [2.75, 3.05) is 24.3 Å². The van der Waals surface area contributed by atoms with Crippen LogP contribution >= 0.6 is 0 Å². The normalized spacial score (nSPS) is 11.3. The summed E-state index contributed by atoms with van der Waals surface area (Å²) in [6.07, 6.45) is 0.173. The van der Waals surface area contributed by atoms with Gasteiger partial charge >= 0.3 is 0 Å². The SMILES string of the molecule is Cc1nn(C(C)C)c(C)c1NC(=O)CCn1c(=O)c(N(C)C)nc2ccccc21. The molecule has 0 aliphatic rings. The van der Waals surface area contributed by atoms with E-state index in [0.29, 0.717) is 5.82 Å². The summed E-state index contributed by atoms with van der Waals surface area (Å²) in [6.45, 7) is 8.19. The lowest BCUT2D eigenvalue weighted by Crippen LogP contribution is -2.30. The highest BCUT2D eigenvalue weighted by molar-refractivity contribution is 5.92. The molecule has 0 radical (unpaired) electrons. The van der Waals surface area contributed by atoms with Crippen LogP contribution in [0.5, 0.6) is 0 Å². The summed E-state index contributed by atoms with van der Waals surface area (Å²) in [7, 11) is 3.57. The molecule has 0 atom stereocenters. The molecule has 154 valence electrons. The van der Waals surface area contributed by atoms with Crippen LogP contribution in [0.3, 0.4) is 0 Å². The summed E-state index contributed by atoms with van der Waals surface area (Å²) in [5.41, 5.74) is 3.68. The van der Waals surface area contributed by atoms with E-state index in [0.717, 1.165) is 28.1 Å². The molecule has 8 heteroatoms. The smallest absolute Gasteiger partial charge is 0.293 e. The fourth-order valence-corrected chi connectivity index (χ4v) is 3.45. The third-order valence-electron chi connectivity index (χ3n) is 4.90. The van der Waals surface area contributed by atoms with Gasteiger partial charge in [-0.15, -0.1) is 0 Å². The molecular formula is C21H28N6O2. The van der Waals surface area contributed by atoms with Gasteiger partial charge in [0.15, 0.2) is 5.82 Å². The number of rotatable bonds is 6. The number of carbonyl (C=O) groups is 1. The van der Waals surface area contributed by atoms with E-state index in [9.17, 15) is 9.59 Å². The standard InChI is InChI=1S/C21H28N6O2/c1-13(2)27-15(4)19(14(3)24-27)23-18(28)11-12-26-17-10-8-7-9-16(17)22-20(21(26)29)25(5)6/h7-10,13H,11-12H2,1-6H3,(H,23,28). The van der Waals surface area contributed by atoms with Crippen molar-refractivity contribution in [3.05, 3.63) is 46.0 Å². The molecule has 8 nitrogen and oxygen atoms in total. The van der Waals surface area contributed by atoms with Crippen LogP contribution in [-0.4, -0.2) is 39.3 Å². The number of aromatic nitrogens is 4. The van der Waals surface area contributed by atoms with Gasteiger partial charge in [0.1, 0.15) is 0 Å². The van der Waals surface area contributed by atoms with E-state index in [-0.39, 0.29) is 30.5 Å². The van der Waals surface area contributed by atoms with Crippen LogP contribution < -0.4 is 15.8 Å². The van der Waals surface area contributed by atoms with E-state index >= 15 is 0 Å². The molecule has 2 aromatic heterocycles. The zero-order valence-corrected chi connectivity index (χ0v) is 17.9. The van der Waals surface area contributed by atoms with Crippen molar-refractivity contribution in [1.82, 2.24) is 19.3 Å². The molecule has 3 rings (SSSR count). The first-order valence-corrected chi connectivity index (χ1v) is 9.73. The fourth-order valence-electron chi connectivity index (χ4n) is 3.45. The Morgan fingerprint density at radius 1 is 1.21 bits per heavy atom. The molecule has 0 saturated carbocycles. The van der Waals surface area contributed by atoms with E-state index in [1.54, 1.807) is 23.6 Å². The van der Waals surface area contributed by atoms with Crippen LogP contribution in [0.4, 0.5) is 11.5 Å². The van der Waals surface area contributed by atoms with Crippen LogP contribution in [0.25, 0.3) is 11.0 Å². The number of hydrogen-bond donors (Lipinski definition) is 1. The van der Waals surface area contributed by atoms with Gasteiger partial charge in [-0.05, 0) is 39.8 Å². The first kappa shape index (κ1) is 20.6. The monoisotopic (exact) mass is 396 g/mol. The third-order valence-corrected chi connectivity index (χ3v) is 4.90. The average molecular weight is 396 g/mol. The van der Waals surface area contributed by atoms with Crippen molar-refractivity contribution in [1.29, 1.82) is 0 Å². The van der Waals surface area contributed by atoms with Crippen LogP contribution in [0.15, 0.2) is 29.1 Å². The molecule has 0 bridgehead atoms. The second-order valence-corrected chi connectivity index (χ2v) is 7.66. The zero-order chi connectivity index (χ0) is 21.3. The highest BCUT2D eigenvalue weighted by Gasteiger charge is 2.17. The largest absolute Gasteiger partial charge is 0.358 e. The molecule has 0 unspecified atom stereocenters. The van der Waals surface area contributed by atoms with Crippen molar-refractivity contribution >= 4 is 28.4 Å². The number of anilines is 2. The van der Waals surface area contributed by atoms with Gasteiger partial charge in [-0.25, -0.2) is 4.98 Å². The summed E-state index contributed by atoms with van der Waals surface area (Å²) in [4.78, 5) is 31.7. The second kappa shape index (κ2) is 8.06. The summed E-state index contributed by atoms with van der Waals surface area (Å²) >= 11 is 0. The molecule has 0 saturated heterocycles. The van der Waals surface area contributed by atoms with Gasteiger partial charge < -0.3 is 14.8 Å². The number of benzene rings is 1. The minimum Gasteiger partial charge on any atom is -0.358 e. The lowest BCUT2D eigenvalue weighted by molar-refractivity contribution is -0.116. The third kappa shape index (κ3) is 4.01. The quantitative estimate of drug-likeness (QED) is 0.692. The zero-order valence-electron chi connectivity index (χ0n) is 17.9. The molecule has 0 fully saturated rings. The number of fused-ring (bicyclic) bond motifs is 1. The van der Waals surface area contributed by atoms with E-state index < -0.39 is 0 Å². The van der Waals surface area contributed by atoms with Crippen molar-refractivity contribution in [3.63, 3.8) is 0 Å². The van der Waals surface area contributed by atoms with Crippen LogP contribution in [0.1, 0.15) is 37.7 Å². The van der Waals surface area contributed by atoms with Gasteiger partial charge in [-0.2, -0.15) is 5.10 Å². The van der Waals surface area contributed by atoms with Crippen molar-refractivity contribution < 1.29 is 4.79 Å². The molecular weight excluding hydrogens is 368 g/mol. The maximum Gasteiger partial charge on any atom is 0.293 e. The molecule has 1 N–H and O–H groups in total. The number of nitrogens with one attached hydrogen (secondary N) is 1. The number of nitrogens with zero attached hydrogens (tertiary/aromatic N) is 5. The van der Waals surface area contributed by atoms with Crippen molar-refractivity contribution in [2.24, 2.45) is 0 Å². The van der Waals surface area contributed by atoms with E-state index in [1.165, 1.54) is 0 Å². The summed E-state index contributed by atoms with van der Waals surface area (Å²) in [5, 5.41) is 7.47. The number of hydrogen-bond acceptors (Lipinski definition) is 5. The van der Waals surface area contributed by atoms with Gasteiger partial charge in [0, 0.05) is 33.1 Å². The van der Waals surface area contributed by atoms with Crippen molar-refractivity contribution in [3.8, 4) is 0 Å². The molecule has 3 aromatic rings. The van der Waals surface area contributed by atoms with Crippen LogP contribution in [-0.2, 0) is 11.3 Å². The topological polar surface area (TPSA) is 85.0 Å². The predicted octanol–water partition coefficient (Wildman–Crippen LogP) is 2.89. The highest BCUT2D eigenvalue weighted by atomic mass is 16.2. The van der Waals surface area contributed by atoms with E-state index in [1.807, 2.05) is 56.6 Å². The fraction of sp³-hybridized carbons (Fsp3) is 0.429. The summed E-state index contributed by atoms with van der Waals surface area (Å²) in [5.74, 6) is 0.202.